The van der Waals surface area contributed by atoms with Crippen LogP contribution in [-0.4, -0.2) is 0 Å². The van der Waals surface area contributed by atoms with E-state index in [1.807, 2.05) is 0 Å². The summed E-state index contributed by atoms with van der Waals surface area (Å²) >= 11 is 0. The van der Waals surface area contributed by atoms with E-state index in [1.54, 1.807) is 0 Å². The van der Waals surface area contributed by atoms with E-state index >= 15 is 0 Å². The van der Waals surface area contributed by atoms with Gasteiger partial charge in [-0.3, -0.25) is 0 Å². The first-order valence-corrected chi connectivity index (χ1v) is 13.0. The molecule has 0 aliphatic heterocycles. The van der Waals surface area contributed by atoms with E-state index in [0.717, 1.165) is 65.1 Å². The Hall–Kier alpha value is -0.260. The van der Waals surface area contributed by atoms with Gasteiger partial charge >= 0.3 is 0 Å². The van der Waals surface area contributed by atoms with Crippen molar-refractivity contribution in [2.24, 2.45) is 65.1 Å². The highest BCUT2D eigenvalue weighted by Crippen LogP contribution is 2.41. The molecule has 11 unspecified atom stereocenters. The van der Waals surface area contributed by atoms with Crippen molar-refractivity contribution in [2.75, 3.05) is 0 Å². The van der Waals surface area contributed by atoms with E-state index in [0.29, 0.717) is 0 Å². The molecule has 0 saturated carbocycles. The zero-order chi connectivity index (χ0) is 22.9. The third-order valence-electron chi connectivity index (χ3n) is 10.1. The molecule has 0 aromatic heterocycles. The summed E-state index contributed by atoms with van der Waals surface area (Å²) in [7, 11) is 0. The van der Waals surface area contributed by atoms with Crippen LogP contribution in [0.25, 0.3) is 0 Å². The second kappa shape index (κ2) is 13.9. The third-order valence-corrected chi connectivity index (χ3v) is 10.1. The standard InChI is InChI=1S/C29H58/c1-14-16-17-18-20(4)22(6)24(8)26(10)28(12)29(13)27(11)25(9)23(7)21(5)19(3)15-2/h14,16,19-29H,15,17-18H2,1-13H3. The lowest BCUT2D eigenvalue weighted by molar-refractivity contribution is 0.0737. The van der Waals surface area contributed by atoms with E-state index < -0.39 is 0 Å². The monoisotopic (exact) mass is 406 g/mol. The zero-order valence-electron chi connectivity index (χ0n) is 22.6. The molecule has 0 N–H and O–H groups in total. The molecule has 0 heteroatoms. The number of hydrogen-bond donors (Lipinski definition) is 0. The Labute approximate surface area is 186 Å². The van der Waals surface area contributed by atoms with E-state index in [-0.39, 0.29) is 0 Å². The molecule has 11 atom stereocenters. The summed E-state index contributed by atoms with van der Waals surface area (Å²) in [6, 6.07) is 0. The molecule has 0 aliphatic rings. The van der Waals surface area contributed by atoms with Gasteiger partial charge in [0.05, 0.1) is 0 Å². The van der Waals surface area contributed by atoms with Gasteiger partial charge < -0.3 is 0 Å². The molecule has 0 radical (unpaired) electrons. The fourth-order valence-electron chi connectivity index (χ4n) is 5.55. The van der Waals surface area contributed by atoms with Crippen LogP contribution in [0.3, 0.4) is 0 Å². The normalized spacial score (nSPS) is 24.2. The Balaban J connectivity index is 4.99. The van der Waals surface area contributed by atoms with Crippen LogP contribution in [-0.2, 0) is 0 Å². The van der Waals surface area contributed by atoms with E-state index in [9.17, 15) is 0 Å². The molecule has 0 rings (SSSR count). The molecule has 29 heavy (non-hydrogen) atoms. The molecule has 0 aromatic carbocycles. The van der Waals surface area contributed by atoms with Crippen LogP contribution in [0.1, 0.15) is 109 Å². The van der Waals surface area contributed by atoms with Gasteiger partial charge in [-0.25, -0.2) is 0 Å². The van der Waals surface area contributed by atoms with Crippen molar-refractivity contribution >= 4 is 0 Å². The Morgan fingerprint density at radius 2 is 0.793 bits per heavy atom. The molecule has 174 valence electrons. The summed E-state index contributed by atoms with van der Waals surface area (Å²) in [5.41, 5.74) is 0. The Morgan fingerprint density at radius 1 is 0.483 bits per heavy atom. The molecule has 0 amide bonds. The number of hydrogen-bond acceptors (Lipinski definition) is 0. The molecule has 0 aromatic rings. The van der Waals surface area contributed by atoms with Gasteiger partial charge in [0.1, 0.15) is 0 Å². The number of allylic oxidation sites excluding steroid dienone is 2. The van der Waals surface area contributed by atoms with E-state index in [4.69, 9.17) is 0 Å². The minimum atomic E-state index is 0.777. The van der Waals surface area contributed by atoms with Crippen LogP contribution in [0.5, 0.6) is 0 Å². The highest BCUT2D eigenvalue weighted by atomic mass is 14.4. The maximum Gasteiger partial charge on any atom is -0.0348 e. The van der Waals surface area contributed by atoms with Crippen molar-refractivity contribution in [3.63, 3.8) is 0 Å². The minimum Gasteiger partial charge on any atom is -0.0917 e. The predicted octanol–water partition coefficient (Wildman–Crippen LogP) is 9.75. The average Bonchev–Trinajstić information content (AvgIpc) is 2.73. The highest BCUT2D eigenvalue weighted by molar-refractivity contribution is 4.84. The lowest BCUT2D eigenvalue weighted by Crippen LogP contribution is -2.35. The quantitative estimate of drug-likeness (QED) is 0.252. The first-order chi connectivity index (χ1) is 13.4. The first-order valence-electron chi connectivity index (χ1n) is 13.0. The maximum absolute atomic E-state index is 2.54. The minimum absolute atomic E-state index is 0.777. The van der Waals surface area contributed by atoms with Crippen LogP contribution in [0.2, 0.25) is 0 Å². The van der Waals surface area contributed by atoms with Crippen molar-refractivity contribution in [1.29, 1.82) is 0 Å². The summed E-state index contributed by atoms with van der Waals surface area (Å²) in [6.07, 6.45) is 8.38. The van der Waals surface area contributed by atoms with Crippen LogP contribution in [0.15, 0.2) is 12.2 Å². The molecular weight excluding hydrogens is 348 g/mol. The smallest absolute Gasteiger partial charge is 0.0348 e. The van der Waals surface area contributed by atoms with Gasteiger partial charge in [-0.15, -0.1) is 0 Å². The van der Waals surface area contributed by atoms with E-state index in [1.165, 1.54) is 19.3 Å². The van der Waals surface area contributed by atoms with Crippen molar-refractivity contribution < 1.29 is 0 Å². The average molecular weight is 407 g/mol. The highest BCUT2D eigenvalue weighted by Gasteiger charge is 2.35. The summed E-state index contributed by atoms with van der Waals surface area (Å²) in [6.45, 7) is 32.1. The predicted molar refractivity (Wildman–Crippen MR) is 135 cm³/mol. The summed E-state index contributed by atoms with van der Waals surface area (Å²) in [5, 5.41) is 0. The molecule has 0 bridgehead atoms. The van der Waals surface area contributed by atoms with E-state index in [2.05, 4.69) is 102 Å². The Bertz CT molecular complexity index is 435. The lowest BCUT2D eigenvalue weighted by atomic mass is 9.64. The van der Waals surface area contributed by atoms with Gasteiger partial charge in [0, 0.05) is 0 Å². The molecule has 0 fully saturated rings. The van der Waals surface area contributed by atoms with Crippen molar-refractivity contribution in [2.45, 2.75) is 109 Å². The molecule has 0 spiro atoms. The molecule has 0 aliphatic carbocycles. The largest absolute Gasteiger partial charge is 0.0917 e. The van der Waals surface area contributed by atoms with Crippen molar-refractivity contribution in [3.8, 4) is 0 Å². The second-order valence-electron chi connectivity index (χ2n) is 11.2. The van der Waals surface area contributed by atoms with Gasteiger partial charge in [0.15, 0.2) is 0 Å². The van der Waals surface area contributed by atoms with Gasteiger partial charge in [-0.2, -0.15) is 0 Å². The van der Waals surface area contributed by atoms with Gasteiger partial charge in [0.2, 0.25) is 0 Å². The summed E-state index contributed by atoms with van der Waals surface area (Å²) < 4.78 is 0. The summed E-state index contributed by atoms with van der Waals surface area (Å²) in [4.78, 5) is 0. The van der Waals surface area contributed by atoms with Crippen molar-refractivity contribution in [3.05, 3.63) is 12.2 Å². The zero-order valence-corrected chi connectivity index (χ0v) is 22.6. The topological polar surface area (TPSA) is 0 Å². The third kappa shape index (κ3) is 8.41. The fraction of sp³-hybridized carbons (Fsp3) is 0.931. The molecule has 0 nitrogen and oxygen atoms in total. The molecular formula is C29H58. The fourth-order valence-corrected chi connectivity index (χ4v) is 5.55. The van der Waals surface area contributed by atoms with Gasteiger partial charge in [0.25, 0.3) is 0 Å². The SMILES string of the molecule is CC=CCCC(C)C(C)C(C)C(C)C(C)C(C)C(C)C(C)C(C)C(C)C(C)CC. The molecule has 0 saturated heterocycles. The summed E-state index contributed by atoms with van der Waals surface area (Å²) in [5.74, 6) is 8.73. The first kappa shape index (κ1) is 28.7. The van der Waals surface area contributed by atoms with Gasteiger partial charge in [-0.1, -0.05) is 102 Å². The lowest BCUT2D eigenvalue weighted by Gasteiger charge is -2.41. The van der Waals surface area contributed by atoms with Crippen LogP contribution in [0, 0.1) is 65.1 Å². The van der Waals surface area contributed by atoms with Crippen LogP contribution < -0.4 is 0 Å². The number of rotatable bonds is 14. The van der Waals surface area contributed by atoms with Crippen molar-refractivity contribution in [1.82, 2.24) is 0 Å². The maximum atomic E-state index is 2.54. The van der Waals surface area contributed by atoms with Crippen LogP contribution >= 0.6 is 0 Å². The molecule has 0 heterocycles. The Morgan fingerprint density at radius 3 is 1.10 bits per heavy atom. The second-order valence-corrected chi connectivity index (χ2v) is 11.2. The Kier molecular flexibility index (Phi) is 13.8. The van der Waals surface area contributed by atoms with Crippen LogP contribution in [0.4, 0.5) is 0 Å². The van der Waals surface area contributed by atoms with Gasteiger partial charge in [-0.05, 0) is 84.9 Å².